The molecule has 0 aliphatic heterocycles. The molecule has 0 fully saturated rings. The van der Waals surface area contributed by atoms with Gasteiger partial charge in [-0.2, -0.15) is 0 Å². The normalized spacial score (nSPS) is 9.27. The van der Waals surface area contributed by atoms with Crippen LogP contribution >= 0.6 is 11.6 Å². The van der Waals surface area contributed by atoms with E-state index in [1.165, 1.54) is 24.3 Å². The van der Waals surface area contributed by atoms with Gasteiger partial charge < -0.3 is 8.42 Å². The smallest absolute Gasteiger partial charge is 0.420 e. The van der Waals surface area contributed by atoms with Crippen LogP contribution < -0.4 is 29.6 Å². The summed E-state index contributed by atoms with van der Waals surface area (Å²) in [5.41, 5.74) is 0. The van der Waals surface area contributed by atoms with E-state index in [-0.39, 0.29) is 34.5 Å². The summed E-state index contributed by atoms with van der Waals surface area (Å²) < 4.78 is 20.5. The third-order valence-corrected chi connectivity index (χ3v) is 1.92. The van der Waals surface area contributed by atoms with E-state index in [1.807, 2.05) is 0 Å². The Morgan fingerprint density at radius 3 is 1.91 bits per heavy atom. The molecule has 5 heteroatoms. The Morgan fingerprint density at radius 2 is 1.55 bits per heavy atom. The number of benzene rings is 1. The van der Waals surface area contributed by atoms with Crippen molar-refractivity contribution in [3.05, 3.63) is 29.3 Å². The van der Waals surface area contributed by atoms with Gasteiger partial charge in [0.05, 0.1) is 0 Å². The van der Waals surface area contributed by atoms with Crippen LogP contribution in [-0.2, 0) is 19.1 Å². The zero-order valence-corrected chi connectivity index (χ0v) is 9.48. The van der Waals surface area contributed by atoms with Gasteiger partial charge >= 0.3 is 29.6 Å². The second kappa shape index (κ2) is 5.17. The molecule has 0 spiro atoms. The summed E-state index contributed by atoms with van der Waals surface area (Å²) in [4.78, 5) is 0.254. The van der Waals surface area contributed by atoms with Crippen molar-refractivity contribution in [2.75, 3.05) is 0 Å². The standard InChI is InChI=1S/C6H4ClO2S.Na/c7-5-1-3-6(4-2-5)10(8)9;/h1-4H;/q-1;+1. The van der Waals surface area contributed by atoms with Crippen molar-refractivity contribution in [3.63, 3.8) is 0 Å². The monoisotopic (exact) mass is 198 g/mol. The summed E-state index contributed by atoms with van der Waals surface area (Å²) in [7, 11) is -2.15. The first kappa shape index (κ1) is 11.5. The zero-order valence-electron chi connectivity index (χ0n) is 5.91. The molecule has 0 radical (unpaired) electrons. The van der Waals surface area contributed by atoms with Crippen molar-refractivity contribution in [3.8, 4) is 0 Å². The van der Waals surface area contributed by atoms with Crippen LogP contribution in [0.4, 0.5) is 0 Å². The van der Waals surface area contributed by atoms with Gasteiger partial charge in [-0.25, -0.2) is 0 Å². The largest absolute Gasteiger partial charge is 1.00 e. The van der Waals surface area contributed by atoms with E-state index in [9.17, 15) is 8.42 Å². The molecule has 0 aromatic heterocycles. The summed E-state index contributed by atoms with van der Waals surface area (Å²) in [6, 6.07) is 5.97. The molecule has 0 amide bonds. The Balaban J connectivity index is 0.000001000. The molecule has 0 atom stereocenters. The average molecular weight is 199 g/mol. The minimum Gasteiger partial charge on any atom is -0.420 e. The summed E-state index contributed by atoms with van der Waals surface area (Å²) in [6.07, 6.45) is 0. The molecule has 0 bridgehead atoms. The van der Waals surface area contributed by atoms with Crippen molar-refractivity contribution < 1.29 is 38.0 Å². The molecule has 54 valence electrons. The Morgan fingerprint density at radius 1 is 1.09 bits per heavy atom. The zero-order chi connectivity index (χ0) is 7.56. The fourth-order valence-electron chi connectivity index (χ4n) is 0.546. The van der Waals surface area contributed by atoms with Crippen molar-refractivity contribution in [1.82, 2.24) is 0 Å². The third kappa shape index (κ3) is 3.58. The van der Waals surface area contributed by atoms with Gasteiger partial charge in [-0.3, -0.25) is 0 Å². The molecule has 11 heavy (non-hydrogen) atoms. The molecule has 1 aromatic carbocycles. The Kier molecular flexibility index (Phi) is 5.38. The van der Waals surface area contributed by atoms with Gasteiger partial charge in [-0.1, -0.05) is 28.6 Å². The Labute approximate surface area is 93.8 Å². The minimum absolute atomic E-state index is 0. The van der Waals surface area contributed by atoms with Crippen LogP contribution in [0.2, 0.25) is 5.02 Å². The fraction of sp³-hybridized carbons (Fsp3) is 0. The van der Waals surface area contributed by atoms with Crippen LogP contribution in [0.1, 0.15) is 0 Å². The summed E-state index contributed by atoms with van der Waals surface area (Å²) >= 11 is 5.52. The van der Waals surface area contributed by atoms with Crippen LogP contribution in [-0.4, -0.2) is 0 Å². The number of hydrogen-bond donors (Lipinski definition) is 0. The molecule has 0 N–H and O–H groups in total. The first-order valence-corrected chi connectivity index (χ1v) is 4.00. The number of hydrogen-bond acceptors (Lipinski definition) is 3. The fourth-order valence-corrected chi connectivity index (χ4v) is 1.03. The summed E-state index contributed by atoms with van der Waals surface area (Å²) in [6.45, 7) is 0. The first-order chi connectivity index (χ1) is 4.70. The predicted molar refractivity (Wildman–Crippen MR) is 38.5 cm³/mol. The molecule has 0 heterocycles. The van der Waals surface area contributed by atoms with Gasteiger partial charge in [-0.05, 0) is 22.8 Å². The Hall–Kier alpha value is 0.460. The van der Waals surface area contributed by atoms with E-state index in [4.69, 9.17) is 11.6 Å². The maximum absolute atomic E-state index is 10.3. The maximum atomic E-state index is 10.3. The molecular formula is C6H4ClNaO2S. The van der Waals surface area contributed by atoms with E-state index >= 15 is 0 Å². The van der Waals surface area contributed by atoms with Gasteiger partial charge in [0.25, 0.3) is 0 Å². The maximum Gasteiger partial charge on any atom is 1.00 e. The molecule has 0 saturated heterocycles. The van der Waals surface area contributed by atoms with E-state index in [2.05, 4.69) is 0 Å². The molecule has 0 aliphatic carbocycles. The van der Waals surface area contributed by atoms with E-state index < -0.39 is 10.7 Å². The molecule has 0 unspecified atom stereocenters. The predicted octanol–water partition coefficient (Wildman–Crippen LogP) is -0.988. The van der Waals surface area contributed by atoms with Crippen LogP contribution in [0.15, 0.2) is 29.2 Å². The first-order valence-electron chi connectivity index (χ1n) is 2.55. The van der Waals surface area contributed by atoms with Crippen molar-refractivity contribution in [1.29, 1.82) is 0 Å². The summed E-state index contributed by atoms with van der Waals surface area (Å²) in [5.74, 6) is 0. The van der Waals surface area contributed by atoms with Crippen LogP contribution in [0, 0.1) is 0 Å². The van der Waals surface area contributed by atoms with Gasteiger partial charge in [-0.15, -0.1) is 0 Å². The second-order valence-corrected chi connectivity index (χ2v) is 3.07. The molecule has 0 saturated carbocycles. The summed E-state index contributed by atoms with van der Waals surface area (Å²) in [5, 5.41) is 0.536. The van der Waals surface area contributed by atoms with Gasteiger partial charge in [0.1, 0.15) is 0 Å². The molecular weight excluding hydrogens is 195 g/mol. The van der Waals surface area contributed by atoms with Crippen molar-refractivity contribution in [2.24, 2.45) is 0 Å². The topological polar surface area (TPSA) is 34.1 Å². The molecule has 0 aliphatic rings. The number of rotatable bonds is 1. The quantitative estimate of drug-likeness (QED) is 0.429. The average Bonchev–Trinajstić information content (AvgIpc) is 1.88. The van der Waals surface area contributed by atoms with Gasteiger partial charge in [0, 0.05) is 5.02 Å². The van der Waals surface area contributed by atoms with Crippen LogP contribution in [0.25, 0.3) is 0 Å². The van der Waals surface area contributed by atoms with Gasteiger partial charge in [0.15, 0.2) is 0 Å². The van der Waals surface area contributed by atoms with Gasteiger partial charge in [0.2, 0.25) is 0 Å². The number of halogens is 1. The SMILES string of the molecule is O=[S-](=O)c1ccc(Cl)cc1.[Na+]. The minimum atomic E-state index is -2.15. The Bertz CT molecular complexity index is 286. The van der Waals surface area contributed by atoms with E-state index in [1.54, 1.807) is 0 Å². The second-order valence-electron chi connectivity index (χ2n) is 1.69. The molecule has 1 rings (SSSR count). The van der Waals surface area contributed by atoms with Crippen molar-refractivity contribution >= 4 is 22.3 Å². The van der Waals surface area contributed by atoms with Crippen molar-refractivity contribution in [2.45, 2.75) is 4.90 Å². The molecule has 1 aromatic rings. The molecule has 2 nitrogen and oxygen atoms in total. The third-order valence-electron chi connectivity index (χ3n) is 1.01. The van der Waals surface area contributed by atoms with Crippen LogP contribution in [0.3, 0.4) is 0 Å². The van der Waals surface area contributed by atoms with Crippen LogP contribution in [0.5, 0.6) is 0 Å². The van der Waals surface area contributed by atoms with E-state index in [0.717, 1.165) is 0 Å². The van der Waals surface area contributed by atoms with E-state index in [0.29, 0.717) is 5.02 Å².